The summed E-state index contributed by atoms with van der Waals surface area (Å²) in [6, 6.07) is 10.7. The van der Waals surface area contributed by atoms with E-state index in [1.165, 1.54) is 11.8 Å². The molecule has 3 heterocycles. The van der Waals surface area contributed by atoms with Gasteiger partial charge in [0.2, 0.25) is 11.8 Å². The molecule has 10 heteroatoms. The van der Waals surface area contributed by atoms with Gasteiger partial charge in [0.25, 0.3) is 0 Å². The molecule has 0 bridgehead atoms. The fourth-order valence-corrected chi connectivity index (χ4v) is 5.01. The topological polar surface area (TPSA) is 88.4 Å². The van der Waals surface area contributed by atoms with Crippen molar-refractivity contribution in [2.45, 2.75) is 29.0 Å². The van der Waals surface area contributed by atoms with Crippen molar-refractivity contribution in [2.24, 2.45) is 0 Å². The standard InChI is InChI=1S/C20H20ClN5O2S2/c1-29-9-7-13(19-25-24-17-4-2-3-8-26(17)19)22-18(27)11-16-20(28)23-14-10-12(21)5-6-15(14)30-16/h2-6,8,10,13,16H,7,9,11H2,1H3,(H,22,27)(H,23,28). The number of nitrogens with zero attached hydrogens (tertiary/aromatic N) is 3. The number of fused-ring (bicyclic) bond motifs is 2. The number of halogens is 1. The number of pyridine rings is 1. The van der Waals surface area contributed by atoms with Gasteiger partial charge < -0.3 is 10.6 Å². The van der Waals surface area contributed by atoms with Crippen molar-refractivity contribution in [3.05, 3.63) is 53.4 Å². The highest BCUT2D eigenvalue weighted by Crippen LogP contribution is 2.38. The van der Waals surface area contributed by atoms with E-state index in [-0.39, 0.29) is 24.3 Å². The van der Waals surface area contributed by atoms with Crippen LogP contribution in [-0.4, -0.2) is 43.7 Å². The lowest BCUT2D eigenvalue weighted by molar-refractivity contribution is -0.124. The number of amides is 2. The summed E-state index contributed by atoms with van der Waals surface area (Å²) in [4.78, 5) is 26.2. The third-order valence-electron chi connectivity index (χ3n) is 4.73. The maximum absolute atomic E-state index is 12.8. The van der Waals surface area contributed by atoms with Gasteiger partial charge in [-0.2, -0.15) is 11.8 Å². The fraction of sp³-hybridized carbons (Fsp3) is 0.300. The van der Waals surface area contributed by atoms with Gasteiger partial charge in [-0.1, -0.05) is 17.7 Å². The van der Waals surface area contributed by atoms with Crippen LogP contribution in [0, 0.1) is 0 Å². The van der Waals surface area contributed by atoms with Gasteiger partial charge in [0.05, 0.1) is 17.0 Å². The summed E-state index contributed by atoms with van der Waals surface area (Å²) in [7, 11) is 0. The van der Waals surface area contributed by atoms with Crippen LogP contribution < -0.4 is 10.6 Å². The van der Waals surface area contributed by atoms with Crippen molar-refractivity contribution < 1.29 is 9.59 Å². The van der Waals surface area contributed by atoms with Gasteiger partial charge in [-0.25, -0.2) is 0 Å². The van der Waals surface area contributed by atoms with Crippen molar-refractivity contribution in [3.8, 4) is 0 Å². The Balaban J connectivity index is 1.48. The summed E-state index contributed by atoms with van der Waals surface area (Å²) < 4.78 is 1.88. The van der Waals surface area contributed by atoms with Crippen molar-refractivity contribution in [1.29, 1.82) is 0 Å². The molecule has 0 saturated heterocycles. The minimum absolute atomic E-state index is 0.0745. The molecule has 2 unspecified atom stereocenters. The SMILES string of the molecule is CSCCC(NC(=O)CC1Sc2ccc(Cl)cc2NC1=O)c1nnc2ccccn12. The molecule has 0 fully saturated rings. The van der Waals surface area contributed by atoms with Crippen LogP contribution in [0.4, 0.5) is 5.69 Å². The number of nitrogens with one attached hydrogen (secondary N) is 2. The normalized spacial score (nSPS) is 16.7. The molecule has 0 radical (unpaired) electrons. The maximum Gasteiger partial charge on any atom is 0.238 e. The van der Waals surface area contributed by atoms with Crippen LogP contribution in [0.15, 0.2) is 47.5 Å². The number of hydrogen-bond acceptors (Lipinski definition) is 6. The molecule has 0 aliphatic carbocycles. The zero-order valence-corrected chi connectivity index (χ0v) is 18.6. The Kier molecular flexibility index (Phi) is 6.50. The number of anilines is 1. The summed E-state index contributed by atoms with van der Waals surface area (Å²) in [5.74, 6) is 1.16. The first-order valence-electron chi connectivity index (χ1n) is 9.40. The van der Waals surface area contributed by atoms with Gasteiger partial charge in [0.15, 0.2) is 11.5 Å². The minimum atomic E-state index is -0.505. The Morgan fingerprint density at radius 2 is 2.23 bits per heavy atom. The summed E-state index contributed by atoms with van der Waals surface area (Å²) in [5.41, 5.74) is 1.41. The van der Waals surface area contributed by atoms with E-state index in [9.17, 15) is 9.59 Å². The van der Waals surface area contributed by atoms with Crippen LogP contribution in [-0.2, 0) is 9.59 Å². The molecule has 2 atom stereocenters. The number of thioether (sulfide) groups is 2. The number of carbonyl (C=O) groups excluding carboxylic acids is 2. The first-order chi connectivity index (χ1) is 14.5. The van der Waals surface area contributed by atoms with Gasteiger partial charge in [-0.05, 0) is 48.8 Å². The quantitative estimate of drug-likeness (QED) is 0.556. The molecule has 1 aliphatic rings. The van der Waals surface area contributed by atoms with E-state index in [4.69, 9.17) is 11.6 Å². The summed E-state index contributed by atoms with van der Waals surface area (Å²) in [6.45, 7) is 0. The summed E-state index contributed by atoms with van der Waals surface area (Å²) >= 11 is 9.07. The highest BCUT2D eigenvalue weighted by atomic mass is 35.5. The number of carbonyl (C=O) groups is 2. The molecule has 0 saturated carbocycles. The van der Waals surface area contributed by atoms with Crippen LogP contribution in [0.5, 0.6) is 0 Å². The third kappa shape index (κ3) is 4.58. The van der Waals surface area contributed by atoms with Gasteiger partial charge in [-0.15, -0.1) is 22.0 Å². The average Bonchev–Trinajstić information content (AvgIpc) is 3.16. The lowest BCUT2D eigenvalue weighted by atomic mass is 10.1. The Bertz CT molecular complexity index is 1090. The van der Waals surface area contributed by atoms with Crippen LogP contribution in [0.3, 0.4) is 0 Å². The first-order valence-corrected chi connectivity index (χ1v) is 12.1. The second-order valence-electron chi connectivity index (χ2n) is 6.83. The number of rotatable bonds is 7. The van der Waals surface area contributed by atoms with E-state index in [1.54, 1.807) is 23.9 Å². The van der Waals surface area contributed by atoms with Crippen LogP contribution >= 0.6 is 35.1 Å². The molecule has 1 aliphatic heterocycles. The molecule has 4 rings (SSSR count). The van der Waals surface area contributed by atoms with E-state index >= 15 is 0 Å². The Morgan fingerprint density at radius 3 is 3.07 bits per heavy atom. The monoisotopic (exact) mass is 461 g/mol. The Morgan fingerprint density at radius 1 is 1.37 bits per heavy atom. The molecule has 30 heavy (non-hydrogen) atoms. The van der Waals surface area contributed by atoms with Crippen molar-refractivity contribution in [3.63, 3.8) is 0 Å². The first kappa shape index (κ1) is 21.0. The van der Waals surface area contributed by atoms with Crippen molar-refractivity contribution in [1.82, 2.24) is 19.9 Å². The second kappa shape index (κ2) is 9.28. The van der Waals surface area contributed by atoms with Crippen molar-refractivity contribution >= 4 is 58.3 Å². The lowest BCUT2D eigenvalue weighted by Crippen LogP contribution is -2.37. The van der Waals surface area contributed by atoms with E-state index in [2.05, 4.69) is 20.8 Å². The zero-order chi connectivity index (χ0) is 21.1. The molecule has 1 aromatic carbocycles. The van der Waals surface area contributed by atoms with Gasteiger partial charge in [-0.3, -0.25) is 14.0 Å². The second-order valence-corrected chi connectivity index (χ2v) is 9.50. The summed E-state index contributed by atoms with van der Waals surface area (Å²) in [5, 5.41) is 14.4. The number of aromatic nitrogens is 3. The zero-order valence-electron chi connectivity index (χ0n) is 16.2. The van der Waals surface area contributed by atoms with E-state index < -0.39 is 5.25 Å². The predicted molar refractivity (Wildman–Crippen MR) is 121 cm³/mol. The van der Waals surface area contributed by atoms with E-state index in [0.717, 1.165) is 16.3 Å². The highest BCUT2D eigenvalue weighted by molar-refractivity contribution is 8.01. The molecule has 2 aromatic heterocycles. The fourth-order valence-electron chi connectivity index (χ4n) is 3.28. The molecular formula is C20H20ClN5O2S2. The van der Waals surface area contributed by atoms with Gasteiger partial charge >= 0.3 is 0 Å². The molecule has 156 valence electrons. The third-order valence-corrected chi connectivity index (χ3v) is 6.88. The number of benzene rings is 1. The summed E-state index contributed by atoms with van der Waals surface area (Å²) in [6.07, 6.45) is 4.70. The maximum atomic E-state index is 12.8. The van der Waals surface area contributed by atoms with Gasteiger partial charge in [0, 0.05) is 22.5 Å². The van der Waals surface area contributed by atoms with E-state index in [1.807, 2.05) is 41.1 Å². The Labute approximate surface area is 187 Å². The minimum Gasteiger partial charge on any atom is -0.346 e. The van der Waals surface area contributed by atoms with Crippen LogP contribution in [0.1, 0.15) is 24.7 Å². The molecular weight excluding hydrogens is 442 g/mol. The van der Waals surface area contributed by atoms with Crippen LogP contribution in [0.2, 0.25) is 5.02 Å². The van der Waals surface area contributed by atoms with E-state index in [0.29, 0.717) is 23.0 Å². The highest BCUT2D eigenvalue weighted by Gasteiger charge is 2.30. The molecule has 0 spiro atoms. The average molecular weight is 462 g/mol. The molecule has 2 amide bonds. The van der Waals surface area contributed by atoms with Gasteiger partial charge in [0.1, 0.15) is 0 Å². The molecule has 7 nitrogen and oxygen atoms in total. The number of hydrogen-bond donors (Lipinski definition) is 2. The van der Waals surface area contributed by atoms with Crippen LogP contribution in [0.25, 0.3) is 5.65 Å². The Hall–Kier alpha value is -2.23. The smallest absolute Gasteiger partial charge is 0.238 e. The largest absolute Gasteiger partial charge is 0.346 e. The van der Waals surface area contributed by atoms with Crippen molar-refractivity contribution in [2.75, 3.05) is 17.3 Å². The lowest BCUT2D eigenvalue weighted by Gasteiger charge is -2.24. The molecule has 2 N–H and O–H groups in total. The predicted octanol–water partition coefficient (Wildman–Crippen LogP) is 3.80. The molecule has 3 aromatic rings.